The second-order valence-corrected chi connectivity index (χ2v) is 8.38. The quantitative estimate of drug-likeness (QED) is 0.889. The van der Waals surface area contributed by atoms with E-state index < -0.39 is 5.66 Å². The number of hydrogen-bond acceptors (Lipinski definition) is 3. The van der Waals surface area contributed by atoms with Crippen LogP contribution >= 0.6 is 0 Å². The fraction of sp³-hybridized carbons (Fsp3) is 0.348. The number of benzene rings is 2. The van der Waals surface area contributed by atoms with E-state index in [4.69, 9.17) is 4.74 Å². The molecule has 0 spiro atoms. The average Bonchev–Trinajstić information content (AvgIpc) is 3.23. The minimum absolute atomic E-state index is 0.0680. The van der Waals surface area contributed by atoms with Crippen LogP contribution in [0.25, 0.3) is 6.08 Å². The molecule has 3 heterocycles. The monoisotopic (exact) mass is 360 g/mol. The van der Waals surface area contributed by atoms with Gasteiger partial charge >= 0.3 is 0 Å². The highest BCUT2D eigenvalue weighted by Gasteiger charge is 2.59. The lowest BCUT2D eigenvalue weighted by Gasteiger charge is -2.40. The summed E-state index contributed by atoms with van der Waals surface area (Å²) in [4.78, 5) is 14.6. The number of para-hydroxylation sites is 1. The molecular weight excluding hydrogens is 336 g/mol. The van der Waals surface area contributed by atoms with E-state index in [9.17, 15) is 4.79 Å². The van der Waals surface area contributed by atoms with Crippen molar-refractivity contribution >= 4 is 17.7 Å². The number of amides is 1. The third kappa shape index (κ3) is 2.19. The zero-order valence-electron chi connectivity index (χ0n) is 16.0. The first-order chi connectivity index (χ1) is 12.9. The molecule has 1 amide bonds. The van der Waals surface area contributed by atoms with E-state index in [0.717, 1.165) is 23.4 Å². The summed E-state index contributed by atoms with van der Waals surface area (Å²) < 4.78 is 5.81. The van der Waals surface area contributed by atoms with Crippen molar-refractivity contribution in [1.29, 1.82) is 0 Å². The number of carbonyl (C=O) groups is 1. The number of fused-ring (bicyclic) bond motifs is 4. The molecule has 0 aromatic heterocycles. The Morgan fingerprint density at radius 2 is 2.04 bits per heavy atom. The Balaban J connectivity index is 1.57. The summed E-state index contributed by atoms with van der Waals surface area (Å²) in [5.41, 5.74) is 4.02. The van der Waals surface area contributed by atoms with E-state index >= 15 is 0 Å². The van der Waals surface area contributed by atoms with Crippen LogP contribution in [0, 0.1) is 0 Å². The van der Waals surface area contributed by atoms with E-state index in [2.05, 4.69) is 79.5 Å². The van der Waals surface area contributed by atoms with E-state index in [1.807, 2.05) is 6.07 Å². The van der Waals surface area contributed by atoms with Gasteiger partial charge in [-0.1, -0.05) is 44.2 Å². The smallest absolute Gasteiger partial charge is 0.241 e. The second-order valence-electron chi connectivity index (χ2n) is 8.38. The van der Waals surface area contributed by atoms with Crippen molar-refractivity contribution in [2.75, 3.05) is 11.4 Å². The molecule has 0 saturated carbocycles. The van der Waals surface area contributed by atoms with Crippen molar-refractivity contribution < 1.29 is 9.53 Å². The molecule has 1 saturated heterocycles. The summed E-state index contributed by atoms with van der Waals surface area (Å²) >= 11 is 0. The van der Waals surface area contributed by atoms with E-state index in [1.54, 1.807) is 0 Å². The van der Waals surface area contributed by atoms with Gasteiger partial charge < -0.3 is 15.0 Å². The third-order valence-electron chi connectivity index (χ3n) is 6.32. The van der Waals surface area contributed by atoms with Gasteiger partial charge in [0, 0.05) is 17.5 Å². The minimum atomic E-state index is -0.545. The highest BCUT2D eigenvalue weighted by molar-refractivity contribution is 5.91. The number of nitrogens with one attached hydrogen (secondary N) is 1. The summed E-state index contributed by atoms with van der Waals surface area (Å²) in [6.45, 7) is 6.90. The number of rotatable bonds is 2. The molecule has 2 aromatic carbocycles. The lowest BCUT2D eigenvalue weighted by atomic mass is 9.75. The molecule has 138 valence electrons. The molecule has 4 heteroatoms. The molecule has 2 aromatic rings. The predicted molar refractivity (Wildman–Crippen MR) is 107 cm³/mol. The lowest BCUT2D eigenvalue weighted by Crippen LogP contribution is -2.58. The fourth-order valence-corrected chi connectivity index (χ4v) is 4.90. The van der Waals surface area contributed by atoms with Crippen molar-refractivity contribution in [2.45, 2.75) is 44.4 Å². The average molecular weight is 360 g/mol. The highest BCUT2D eigenvalue weighted by atomic mass is 16.5. The van der Waals surface area contributed by atoms with Gasteiger partial charge in [-0.05, 0) is 47.9 Å². The van der Waals surface area contributed by atoms with Gasteiger partial charge in [-0.25, -0.2) is 0 Å². The number of carbonyl (C=O) groups excluding carboxylic acids is 1. The first-order valence-corrected chi connectivity index (χ1v) is 9.58. The molecule has 1 N–H and O–H groups in total. The van der Waals surface area contributed by atoms with Gasteiger partial charge in [-0.2, -0.15) is 0 Å². The van der Waals surface area contributed by atoms with Crippen LogP contribution in [0.1, 0.15) is 37.5 Å². The number of hydrogen-bond donors (Lipinski definition) is 1. The Morgan fingerprint density at radius 3 is 2.89 bits per heavy atom. The van der Waals surface area contributed by atoms with Crippen LogP contribution in [0.5, 0.6) is 5.75 Å². The summed E-state index contributed by atoms with van der Waals surface area (Å²) in [5.74, 6) is 1.06. The molecule has 0 unspecified atom stereocenters. The molecule has 27 heavy (non-hydrogen) atoms. The van der Waals surface area contributed by atoms with Crippen LogP contribution in [-0.2, 0) is 16.6 Å². The zero-order chi connectivity index (χ0) is 18.8. The normalized spacial score (nSPS) is 27.3. The number of nitrogens with zero attached hydrogens (tertiary/aromatic N) is 1. The Labute approximate surface area is 159 Å². The molecule has 0 radical (unpaired) electrons. The Bertz CT molecular complexity index is 978. The Hall–Kier alpha value is -2.75. The van der Waals surface area contributed by atoms with Crippen LogP contribution < -0.4 is 15.0 Å². The SMILES string of the molecule is C[C@@H]1Cc2cc(/C=C/[C@]34NC(=O)CN3c3ccccc3C4(C)C)ccc2O1. The second kappa shape index (κ2) is 5.38. The fourth-order valence-electron chi connectivity index (χ4n) is 4.90. The van der Waals surface area contributed by atoms with Crippen LogP contribution in [0.4, 0.5) is 5.69 Å². The predicted octanol–water partition coefficient (Wildman–Crippen LogP) is 3.65. The van der Waals surface area contributed by atoms with Gasteiger partial charge in [-0.15, -0.1) is 0 Å². The lowest BCUT2D eigenvalue weighted by molar-refractivity contribution is -0.118. The highest BCUT2D eigenvalue weighted by Crippen LogP contribution is 2.52. The largest absolute Gasteiger partial charge is 0.490 e. The first kappa shape index (κ1) is 16.4. The van der Waals surface area contributed by atoms with Gasteiger partial charge in [0.1, 0.15) is 17.5 Å². The van der Waals surface area contributed by atoms with Gasteiger partial charge in [0.25, 0.3) is 0 Å². The topological polar surface area (TPSA) is 41.6 Å². The van der Waals surface area contributed by atoms with Crippen molar-refractivity contribution in [2.24, 2.45) is 0 Å². The standard InChI is InChI=1S/C23H24N2O2/c1-15-12-17-13-16(8-9-20(17)27-15)10-11-23-22(2,3)18-6-4-5-7-19(18)25(23)14-21(26)24-23/h4-11,13,15H,12,14H2,1-3H3,(H,24,26)/b11-10+/t15-,23+/m1/s1. The van der Waals surface area contributed by atoms with Crippen molar-refractivity contribution in [3.8, 4) is 5.75 Å². The molecule has 0 bridgehead atoms. The number of anilines is 1. The molecule has 1 fully saturated rings. The molecule has 0 aliphatic carbocycles. The van der Waals surface area contributed by atoms with Crippen LogP contribution in [0.15, 0.2) is 48.5 Å². The zero-order valence-corrected chi connectivity index (χ0v) is 16.0. The van der Waals surface area contributed by atoms with Crippen LogP contribution in [-0.4, -0.2) is 24.2 Å². The van der Waals surface area contributed by atoms with E-state index in [0.29, 0.717) is 6.54 Å². The van der Waals surface area contributed by atoms with E-state index in [-0.39, 0.29) is 17.4 Å². The maximum absolute atomic E-state index is 12.4. The minimum Gasteiger partial charge on any atom is -0.490 e. The van der Waals surface area contributed by atoms with Crippen LogP contribution in [0.2, 0.25) is 0 Å². The summed E-state index contributed by atoms with van der Waals surface area (Å²) in [7, 11) is 0. The Kier molecular flexibility index (Phi) is 3.27. The van der Waals surface area contributed by atoms with E-state index in [1.165, 1.54) is 11.1 Å². The van der Waals surface area contributed by atoms with Crippen molar-refractivity contribution in [3.05, 3.63) is 65.2 Å². The van der Waals surface area contributed by atoms with Crippen LogP contribution in [0.3, 0.4) is 0 Å². The van der Waals surface area contributed by atoms with Gasteiger partial charge in [0.05, 0.1) is 6.54 Å². The summed E-state index contributed by atoms with van der Waals surface area (Å²) in [6.07, 6.45) is 5.49. The maximum Gasteiger partial charge on any atom is 0.241 e. The van der Waals surface area contributed by atoms with Gasteiger partial charge in [0.15, 0.2) is 0 Å². The molecule has 2 atom stereocenters. The molecule has 4 nitrogen and oxygen atoms in total. The Morgan fingerprint density at radius 1 is 1.22 bits per heavy atom. The maximum atomic E-state index is 12.4. The molecule has 3 aliphatic heterocycles. The van der Waals surface area contributed by atoms with Crippen molar-refractivity contribution in [3.63, 3.8) is 0 Å². The summed E-state index contributed by atoms with van der Waals surface area (Å²) in [6, 6.07) is 14.7. The van der Waals surface area contributed by atoms with Gasteiger partial charge in [-0.3, -0.25) is 4.79 Å². The molecule has 3 aliphatic rings. The molecule has 5 rings (SSSR count). The first-order valence-electron chi connectivity index (χ1n) is 9.58. The third-order valence-corrected chi connectivity index (χ3v) is 6.32. The van der Waals surface area contributed by atoms with Gasteiger partial charge in [0.2, 0.25) is 5.91 Å². The molecular formula is C23H24N2O2. The van der Waals surface area contributed by atoms with Crippen molar-refractivity contribution in [1.82, 2.24) is 5.32 Å². The summed E-state index contributed by atoms with van der Waals surface area (Å²) in [5, 5.41) is 3.27. The number of ether oxygens (including phenoxy) is 1.